The lowest BCUT2D eigenvalue weighted by Crippen LogP contribution is -2.55. The molecule has 0 bridgehead atoms. The number of rotatable bonds is 0. The number of carbonyl (C=O) groups is 2. The third-order valence-corrected chi connectivity index (χ3v) is 3.40. The van der Waals surface area contributed by atoms with E-state index in [-0.39, 0.29) is 17.3 Å². The average Bonchev–Trinajstić information content (AvgIpc) is 2.04. The van der Waals surface area contributed by atoms with Gasteiger partial charge in [0, 0.05) is 6.54 Å². The van der Waals surface area contributed by atoms with Gasteiger partial charge in [0.25, 0.3) is 0 Å². The van der Waals surface area contributed by atoms with Crippen molar-refractivity contribution in [2.75, 3.05) is 12.3 Å². The highest BCUT2D eigenvalue weighted by Gasteiger charge is 2.34. The zero-order valence-corrected chi connectivity index (χ0v) is 7.39. The summed E-state index contributed by atoms with van der Waals surface area (Å²) in [5.74, 6) is 0.914. The molecule has 2 rings (SSSR count). The highest BCUT2D eigenvalue weighted by atomic mass is 32.2. The van der Waals surface area contributed by atoms with Gasteiger partial charge in [0.2, 0.25) is 5.91 Å². The number of fused-ring (bicyclic) bond motifs is 1. The second kappa shape index (κ2) is 2.97. The van der Waals surface area contributed by atoms with Gasteiger partial charge in [-0.3, -0.25) is 10.1 Å². The fraction of sp³-hybridized carbons (Fsp3) is 0.714. The van der Waals surface area contributed by atoms with Gasteiger partial charge in [0.05, 0.1) is 11.8 Å². The zero-order valence-electron chi connectivity index (χ0n) is 6.58. The van der Waals surface area contributed by atoms with E-state index in [9.17, 15) is 9.59 Å². The second-order valence-corrected chi connectivity index (χ2v) is 4.22. The minimum Gasteiger partial charge on any atom is -0.312 e. The maximum absolute atomic E-state index is 11.2. The lowest BCUT2D eigenvalue weighted by molar-refractivity contribution is -0.121. The molecule has 0 spiro atoms. The Labute approximate surface area is 74.7 Å². The van der Waals surface area contributed by atoms with Gasteiger partial charge >= 0.3 is 6.03 Å². The Hall–Kier alpha value is -0.710. The van der Waals surface area contributed by atoms with Crippen molar-refractivity contribution in [3.05, 3.63) is 0 Å². The van der Waals surface area contributed by atoms with Crippen LogP contribution in [0, 0.1) is 0 Å². The molecule has 1 atom stereocenters. The first-order chi connectivity index (χ1) is 5.77. The lowest BCUT2D eigenvalue weighted by atomic mass is 10.3. The summed E-state index contributed by atoms with van der Waals surface area (Å²) < 4.78 is 0. The molecule has 0 radical (unpaired) electrons. The number of imide groups is 1. The molecular formula is C7H10N2O2S. The Bertz CT molecular complexity index is 231. The predicted octanol–water partition coefficient (Wildman–Crippen LogP) is 0.391. The van der Waals surface area contributed by atoms with E-state index < -0.39 is 0 Å². The standard InChI is InChI=1S/C7H10N2O2S/c10-5-4-6-9(7(11)8-5)2-1-3-12-6/h6H,1-4H2,(H,8,10,11). The summed E-state index contributed by atoms with van der Waals surface area (Å²) in [6.07, 6.45) is 1.49. The number of hydrogen-bond donors (Lipinski definition) is 1. The van der Waals surface area contributed by atoms with Gasteiger partial charge in [-0.25, -0.2) is 4.79 Å². The molecule has 4 nitrogen and oxygen atoms in total. The van der Waals surface area contributed by atoms with Crippen LogP contribution >= 0.6 is 11.8 Å². The van der Waals surface area contributed by atoms with Gasteiger partial charge in [0.1, 0.15) is 0 Å². The molecular weight excluding hydrogens is 176 g/mol. The summed E-state index contributed by atoms with van der Waals surface area (Å²) >= 11 is 1.70. The van der Waals surface area contributed by atoms with Gasteiger partial charge in [-0.1, -0.05) is 0 Å². The van der Waals surface area contributed by atoms with E-state index in [0.29, 0.717) is 6.42 Å². The summed E-state index contributed by atoms with van der Waals surface area (Å²) in [6, 6.07) is -0.219. The summed E-state index contributed by atoms with van der Waals surface area (Å²) in [6.45, 7) is 0.788. The van der Waals surface area contributed by atoms with E-state index in [0.717, 1.165) is 18.7 Å². The van der Waals surface area contributed by atoms with Gasteiger partial charge in [0.15, 0.2) is 0 Å². The molecule has 0 aromatic rings. The minimum absolute atomic E-state index is 0.0972. The van der Waals surface area contributed by atoms with Crippen molar-refractivity contribution in [3.8, 4) is 0 Å². The number of thioether (sulfide) groups is 1. The molecule has 66 valence electrons. The van der Waals surface area contributed by atoms with Gasteiger partial charge < -0.3 is 4.90 Å². The Balaban J connectivity index is 2.11. The number of amides is 3. The molecule has 2 aliphatic heterocycles. The molecule has 2 heterocycles. The van der Waals surface area contributed by atoms with Crippen LogP contribution in [-0.2, 0) is 4.79 Å². The Morgan fingerprint density at radius 1 is 1.50 bits per heavy atom. The second-order valence-electron chi connectivity index (χ2n) is 2.93. The summed E-state index contributed by atoms with van der Waals surface area (Å²) in [7, 11) is 0. The number of hydrogen-bond acceptors (Lipinski definition) is 3. The van der Waals surface area contributed by atoms with Crippen LogP contribution < -0.4 is 5.32 Å². The summed E-state index contributed by atoms with van der Waals surface area (Å²) in [4.78, 5) is 23.9. The smallest absolute Gasteiger partial charge is 0.312 e. The largest absolute Gasteiger partial charge is 0.324 e. The molecule has 0 aromatic carbocycles. The molecule has 2 aliphatic rings. The first-order valence-corrected chi connectivity index (χ1v) is 5.04. The fourth-order valence-corrected chi connectivity index (χ4v) is 2.71. The molecule has 1 N–H and O–H groups in total. The minimum atomic E-state index is -0.219. The maximum Gasteiger partial charge on any atom is 0.324 e. The van der Waals surface area contributed by atoms with E-state index in [2.05, 4.69) is 5.32 Å². The summed E-state index contributed by atoms with van der Waals surface area (Å²) in [5.41, 5.74) is 0. The van der Waals surface area contributed by atoms with E-state index in [1.54, 1.807) is 16.7 Å². The molecule has 5 heteroatoms. The maximum atomic E-state index is 11.2. The van der Waals surface area contributed by atoms with Crippen molar-refractivity contribution >= 4 is 23.7 Å². The predicted molar refractivity (Wildman–Crippen MR) is 45.7 cm³/mol. The van der Waals surface area contributed by atoms with Crippen LogP contribution in [0.25, 0.3) is 0 Å². The van der Waals surface area contributed by atoms with Gasteiger partial charge in [-0.2, -0.15) is 0 Å². The molecule has 1 unspecified atom stereocenters. The topological polar surface area (TPSA) is 49.4 Å². The summed E-state index contributed by atoms with van der Waals surface area (Å²) in [5, 5.41) is 2.41. The van der Waals surface area contributed by atoms with Gasteiger partial charge in [-0.05, 0) is 12.2 Å². The van der Waals surface area contributed by atoms with Crippen LogP contribution in [0.15, 0.2) is 0 Å². The van der Waals surface area contributed by atoms with Crippen molar-refractivity contribution in [1.29, 1.82) is 0 Å². The van der Waals surface area contributed by atoms with Crippen molar-refractivity contribution < 1.29 is 9.59 Å². The molecule has 0 aliphatic carbocycles. The molecule has 12 heavy (non-hydrogen) atoms. The third-order valence-electron chi connectivity index (χ3n) is 2.07. The first kappa shape index (κ1) is 7.91. The zero-order chi connectivity index (χ0) is 8.55. The number of nitrogens with zero attached hydrogens (tertiary/aromatic N) is 1. The van der Waals surface area contributed by atoms with Gasteiger partial charge in [-0.15, -0.1) is 11.8 Å². The van der Waals surface area contributed by atoms with Crippen LogP contribution in [0.1, 0.15) is 12.8 Å². The van der Waals surface area contributed by atoms with E-state index in [1.807, 2.05) is 0 Å². The lowest BCUT2D eigenvalue weighted by Gasteiger charge is -2.37. The van der Waals surface area contributed by atoms with E-state index in [4.69, 9.17) is 0 Å². The van der Waals surface area contributed by atoms with Crippen molar-refractivity contribution in [1.82, 2.24) is 10.2 Å². The van der Waals surface area contributed by atoms with Crippen molar-refractivity contribution in [2.45, 2.75) is 18.2 Å². The number of nitrogens with one attached hydrogen (secondary N) is 1. The Kier molecular flexibility index (Phi) is 1.96. The van der Waals surface area contributed by atoms with Crippen LogP contribution in [0.3, 0.4) is 0 Å². The molecule has 2 fully saturated rings. The molecule has 2 saturated heterocycles. The highest BCUT2D eigenvalue weighted by molar-refractivity contribution is 7.99. The Morgan fingerprint density at radius 3 is 3.17 bits per heavy atom. The third kappa shape index (κ3) is 1.29. The first-order valence-electron chi connectivity index (χ1n) is 3.99. The average molecular weight is 186 g/mol. The van der Waals surface area contributed by atoms with E-state index in [1.165, 1.54) is 0 Å². The van der Waals surface area contributed by atoms with Crippen LogP contribution in [-0.4, -0.2) is 34.5 Å². The van der Waals surface area contributed by atoms with Crippen molar-refractivity contribution in [3.63, 3.8) is 0 Å². The number of carbonyl (C=O) groups excluding carboxylic acids is 2. The Morgan fingerprint density at radius 2 is 2.33 bits per heavy atom. The highest BCUT2D eigenvalue weighted by Crippen LogP contribution is 2.27. The quantitative estimate of drug-likeness (QED) is 0.595. The van der Waals surface area contributed by atoms with Crippen LogP contribution in [0.5, 0.6) is 0 Å². The van der Waals surface area contributed by atoms with E-state index >= 15 is 0 Å². The molecule has 0 saturated carbocycles. The SMILES string of the molecule is O=C1CC2SCCCN2C(=O)N1. The van der Waals surface area contributed by atoms with Crippen LogP contribution in [0.4, 0.5) is 4.79 Å². The van der Waals surface area contributed by atoms with Crippen molar-refractivity contribution in [2.24, 2.45) is 0 Å². The van der Waals surface area contributed by atoms with Crippen LogP contribution in [0.2, 0.25) is 0 Å². The molecule has 3 amide bonds. The normalized spacial score (nSPS) is 29.7. The number of urea groups is 1. The fourth-order valence-electron chi connectivity index (χ4n) is 1.49. The monoisotopic (exact) mass is 186 g/mol. The molecule has 0 aromatic heterocycles.